The number of methoxy groups -OCH3 is 1. The van der Waals surface area contributed by atoms with Crippen LogP contribution in [0.5, 0.6) is 5.75 Å². The Morgan fingerprint density at radius 2 is 1.60 bits per heavy atom. The fraction of sp³-hybridized carbons (Fsp3) is 0.600. The maximum Gasteiger partial charge on any atom is 0.243 e. The molecule has 2 unspecified atom stereocenters. The fourth-order valence-corrected chi connectivity index (χ4v) is 5.01. The zero-order valence-electron chi connectivity index (χ0n) is 11.8. The number of fused-ring (bicyclic) bond motifs is 1. The van der Waals surface area contributed by atoms with Crippen molar-refractivity contribution in [3.8, 4) is 5.75 Å². The molecule has 1 saturated carbocycles. The van der Waals surface area contributed by atoms with Gasteiger partial charge >= 0.3 is 0 Å². The minimum absolute atomic E-state index is 0.372. The number of hydrogen-bond acceptors (Lipinski definition) is 3. The summed E-state index contributed by atoms with van der Waals surface area (Å²) in [5.41, 5.74) is 0. The Labute approximate surface area is 120 Å². The lowest BCUT2D eigenvalue weighted by molar-refractivity contribution is 0.299. The molecule has 2 fully saturated rings. The normalized spacial score (nSPS) is 27.2. The summed E-state index contributed by atoms with van der Waals surface area (Å²) in [5.74, 6) is 1.81. The Kier molecular flexibility index (Phi) is 3.73. The smallest absolute Gasteiger partial charge is 0.243 e. The van der Waals surface area contributed by atoms with Gasteiger partial charge in [0.2, 0.25) is 10.0 Å². The monoisotopic (exact) mass is 295 g/mol. The maximum absolute atomic E-state index is 12.7. The van der Waals surface area contributed by atoms with Gasteiger partial charge in [0.15, 0.2) is 0 Å². The van der Waals surface area contributed by atoms with Gasteiger partial charge < -0.3 is 4.74 Å². The van der Waals surface area contributed by atoms with E-state index in [2.05, 4.69) is 0 Å². The van der Waals surface area contributed by atoms with Crippen LogP contribution in [0.2, 0.25) is 0 Å². The van der Waals surface area contributed by atoms with Crippen LogP contribution in [-0.4, -0.2) is 32.9 Å². The Bertz CT molecular complexity index is 553. The van der Waals surface area contributed by atoms with Crippen molar-refractivity contribution in [2.75, 3.05) is 20.2 Å². The number of sulfonamides is 1. The molecule has 1 heterocycles. The molecule has 0 amide bonds. The summed E-state index contributed by atoms with van der Waals surface area (Å²) in [6, 6.07) is 6.68. The van der Waals surface area contributed by atoms with Crippen molar-refractivity contribution in [2.45, 2.75) is 30.6 Å². The molecular formula is C15H21NO3S. The van der Waals surface area contributed by atoms with Gasteiger partial charge in [0.1, 0.15) is 5.75 Å². The number of rotatable bonds is 3. The Morgan fingerprint density at radius 3 is 2.10 bits per heavy atom. The van der Waals surface area contributed by atoms with Crippen molar-refractivity contribution in [1.82, 2.24) is 4.31 Å². The highest BCUT2D eigenvalue weighted by atomic mass is 32.2. The summed E-state index contributed by atoms with van der Waals surface area (Å²) in [7, 11) is -1.77. The second-order valence-corrected chi connectivity index (χ2v) is 7.74. The van der Waals surface area contributed by atoms with Crippen LogP contribution in [0, 0.1) is 11.8 Å². The highest BCUT2D eigenvalue weighted by Crippen LogP contribution is 2.38. The summed E-state index contributed by atoms with van der Waals surface area (Å²) in [6.45, 7) is 1.39. The van der Waals surface area contributed by atoms with Crippen LogP contribution in [0.15, 0.2) is 29.2 Å². The molecule has 1 aliphatic carbocycles. The van der Waals surface area contributed by atoms with Gasteiger partial charge in [-0.3, -0.25) is 0 Å². The predicted octanol–water partition coefficient (Wildman–Crippen LogP) is 2.51. The molecule has 1 aromatic rings. The van der Waals surface area contributed by atoms with E-state index in [4.69, 9.17) is 4.74 Å². The van der Waals surface area contributed by atoms with E-state index in [-0.39, 0.29) is 0 Å². The number of benzene rings is 1. The number of hydrogen-bond donors (Lipinski definition) is 0. The zero-order chi connectivity index (χ0) is 14.2. The maximum atomic E-state index is 12.7. The standard InChI is InChI=1S/C15H21NO3S/c1-19-14-6-8-15(9-7-14)20(17,18)16-10-12-4-2-3-5-13(12)11-16/h6-9,12-13H,2-5,10-11H2,1H3. The van der Waals surface area contributed by atoms with Crippen LogP contribution in [-0.2, 0) is 10.0 Å². The molecular weight excluding hydrogens is 274 g/mol. The van der Waals surface area contributed by atoms with Crippen molar-refractivity contribution in [1.29, 1.82) is 0 Å². The van der Waals surface area contributed by atoms with Crippen molar-refractivity contribution >= 4 is 10.0 Å². The van der Waals surface area contributed by atoms with Crippen molar-refractivity contribution in [3.05, 3.63) is 24.3 Å². The van der Waals surface area contributed by atoms with E-state index in [0.717, 1.165) is 0 Å². The van der Waals surface area contributed by atoms with Gasteiger partial charge in [-0.05, 0) is 48.9 Å². The molecule has 0 radical (unpaired) electrons. The van der Waals surface area contributed by atoms with E-state index < -0.39 is 10.0 Å². The largest absolute Gasteiger partial charge is 0.497 e. The lowest BCUT2D eigenvalue weighted by Crippen LogP contribution is -2.29. The summed E-state index contributed by atoms with van der Waals surface area (Å²) in [5, 5.41) is 0. The van der Waals surface area contributed by atoms with Gasteiger partial charge in [0.25, 0.3) is 0 Å². The molecule has 2 atom stereocenters. The fourth-order valence-electron chi connectivity index (χ4n) is 3.46. The van der Waals surface area contributed by atoms with Gasteiger partial charge in [-0.15, -0.1) is 0 Å². The van der Waals surface area contributed by atoms with Crippen LogP contribution in [0.3, 0.4) is 0 Å². The van der Waals surface area contributed by atoms with Crippen molar-refractivity contribution in [3.63, 3.8) is 0 Å². The Morgan fingerprint density at radius 1 is 1.05 bits per heavy atom. The van der Waals surface area contributed by atoms with Gasteiger partial charge in [-0.1, -0.05) is 12.8 Å². The average Bonchev–Trinajstić information content (AvgIpc) is 2.92. The second-order valence-electron chi connectivity index (χ2n) is 5.80. The quantitative estimate of drug-likeness (QED) is 0.861. The van der Waals surface area contributed by atoms with Gasteiger partial charge in [0, 0.05) is 13.1 Å². The summed E-state index contributed by atoms with van der Waals surface area (Å²) in [6.07, 6.45) is 4.85. The van der Waals surface area contributed by atoms with Crippen molar-refractivity contribution in [2.24, 2.45) is 11.8 Å². The molecule has 20 heavy (non-hydrogen) atoms. The number of ether oxygens (including phenoxy) is 1. The van der Waals surface area contributed by atoms with Gasteiger partial charge in [-0.25, -0.2) is 8.42 Å². The van der Waals surface area contributed by atoms with Gasteiger partial charge in [0.05, 0.1) is 12.0 Å². The highest BCUT2D eigenvalue weighted by molar-refractivity contribution is 7.89. The second kappa shape index (κ2) is 5.37. The van der Waals surface area contributed by atoms with Crippen LogP contribution in [0.4, 0.5) is 0 Å². The molecule has 1 saturated heterocycles. The topological polar surface area (TPSA) is 46.6 Å². The van der Waals surface area contributed by atoms with Crippen LogP contribution >= 0.6 is 0 Å². The Balaban J connectivity index is 1.81. The van der Waals surface area contributed by atoms with Crippen LogP contribution in [0.25, 0.3) is 0 Å². The number of nitrogens with zero attached hydrogens (tertiary/aromatic N) is 1. The first kappa shape index (κ1) is 13.9. The van der Waals surface area contributed by atoms with Crippen molar-refractivity contribution < 1.29 is 13.2 Å². The summed E-state index contributed by atoms with van der Waals surface area (Å²) < 4.78 is 32.1. The minimum atomic E-state index is -3.34. The molecule has 4 nitrogen and oxygen atoms in total. The van der Waals surface area contributed by atoms with Crippen LogP contribution in [0.1, 0.15) is 25.7 Å². The first-order chi connectivity index (χ1) is 9.61. The molecule has 0 aromatic heterocycles. The molecule has 5 heteroatoms. The molecule has 1 aromatic carbocycles. The van der Waals surface area contributed by atoms with Gasteiger partial charge in [-0.2, -0.15) is 4.31 Å². The predicted molar refractivity (Wildman–Crippen MR) is 77.2 cm³/mol. The summed E-state index contributed by atoms with van der Waals surface area (Å²) in [4.78, 5) is 0.372. The van der Waals surface area contributed by atoms with Crippen LogP contribution < -0.4 is 4.74 Å². The lowest BCUT2D eigenvalue weighted by atomic mass is 9.82. The Hall–Kier alpha value is -1.07. The van der Waals surface area contributed by atoms with E-state index in [1.807, 2.05) is 0 Å². The van der Waals surface area contributed by atoms with E-state index >= 15 is 0 Å². The van der Waals surface area contributed by atoms with E-state index in [1.165, 1.54) is 25.7 Å². The first-order valence-corrected chi connectivity index (χ1v) is 8.69. The molecule has 1 aliphatic heterocycles. The molecule has 0 spiro atoms. The third kappa shape index (κ3) is 2.44. The molecule has 2 aliphatic rings. The third-order valence-corrected chi connectivity index (χ3v) is 6.49. The minimum Gasteiger partial charge on any atom is -0.497 e. The third-order valence-electron chi connectivity index (χ3n) is 4.64. The molecule has 0 N–H and O–H groups in total. The van der Waals surface area contributed by atoms with E-state index in [0.29, 0.717) is 35.6 Å². The van der Waals surface area contributed by atoms with E-state index in [9.17, 15) is 8.42 Å². The molecule has 3 rings (SSSR count). The average molecular weight is 295 g/mol. The zero-order valence-corrected chi connectivity index (χ0v) is 12.6. The molecule has 110 valence electrons. The first-order valence-electron chi connectivity index (χ1n) is 7.25. The summed E-state index contributed by atoms with van der Waals surface area (Å²) >= 11 is 0. The highest BCUT2D eigenvalue weighted by Gasteiger charge is 2.39. The van der Waals surface area contributed by atoms with E-state index in [1.54, 1.807) is 35.7 Å². The molecule has 0 bridgehead atoms. The SMILES string of the molecule is COc1ccc(S(=O)(=O)N2CC3CCCCC3C2)cc1. The lowest BCUT2D eigenvalue weighted by Gasteiger charge is -2.22.